The van der Waals surface area contributed by atoms with Crippen LogP contribution in [0.4, 0.5) is 16.2 Å². The van der Waals surface area contributed by atoms with Crippen LogP contribution in [0.15, 0.2) is 30.7 Å². The molecule has 0 aliphatic carbocycles. The molecule has 2 aromatic heterocycles. The average molecular weight is 316 g/mol. The van der Waals surface area contributed by atoms with Gasteiger partial charge in [0.1, 0.15) is 11.6 Å². The van der Waals surface area contributed by atoms with Crippen LogP contribution >= 0.6 is 0 Å². The average Bonchev–Trinajstić information content (AvgIpc) is 2.56. The van der Waals surface area contributed by atoms with Crippen molar-refractivity contribution in [2.24, 2.45) is 0 Å². The SMILES string of the molecule is CCNc1ccnc(N2CCN(Cc3cncc(F)c3)CC2)n1. The lowest BCUT2D eigenvalue weighted by atomic mass is 10.2. The molecule has 23 heavy (non-hydrogen) atoms. The van der Waals surface area contributed by atoms with Crippen LogP contribution in [0, 0.1) is 5.82 Å². The summed E-state index contributed by atoms with van der Waals surface area (Å²) in [5.41, 5.74) is 0.906. The van der Waals surface area contributed by atoms with Crippen LogP contribution in [0.2, 0.25) is 0 Å². The van der Waals surface area contributed by atoms with Gasteiger partial charge < -0.3 is 10.2 Å². The van der Waals surface area contributed by atoms with Crippen molar-refractivity contribution in [1.82, 2.24) is 19.9 Å². The highest BCUT2D eigenvalue weighted by molar-refractivity contribution is 5.41. The maximum absolute atomic E-state index is 13.2. The van der Waals surface area contributed by atoms with Gasteiger partial charge in [-0.25, -0.2) is 9.37 Å². The minimum absolute atomic E-state index is 0.283. The number of rotatable bonds is 5. The molecular weight excluding hydrogens is 295 g/mol. The predicted molar refractivity (Wildman–Crippen MR) is 87.9 cm³/mol. The van der Waals surface area contributed by atoms with Crippen molar-refractivity contribution in [1.29, 1.82) is 0 Å². The van der Waals surface area contributed by atoms with Gasteiger partial charge in [-0.2, -0.15) is 4.98 Å². The van der Waals surface area contributed by atoms with Gasteiger partial charge in [0.15, 0.2) is 0 Å². The van der Waals surface area contributed by atoms with E-state index < -0.39 is 0 Å². The van der Waals surface area contributed by atoms with E-state index in [1.165, 1.54) is 6.20 Å². The Morgan fingerprint density at radius 1 is 1.22 bits per heavy atom. The number of hydrogen-bond donors (Lipinski definition) is 1. The van der Waals surface area contributed by atoms with Gasteiger partial charge in [-0.05, 0) is 24.6 Å². The van der Waals surface area contributed by atoms with Gasteiger partial charge in [-0.15, -0.1) is 0 Å². The molecule has 3 rings (SSSR count). The molecule has 3 heterocycles. The zero-order chi connectivity index (χ0) is 16.1. The highest BCUT2D eigenvalue weighted by atomic mass is 19.1. The molecule has 1 fully saturated rings. The molecule has 6 nitrogen and oxygen atoms in total. The molecule has 0 amide bonds. The summed E-state index contributed by atoms with van der Waals surface area (Å²) in [7, 11) is 0. The van der Waals surface area contributed by atoms with Crippen molar-refractivity contribution in [2.45, 2.75) is 13.5 Å². The van der Waals surface area contributed by atoms with Gasteiger partial charge in [0.05, 0.1) is 6.20 Å². The standard InChI is InChI=1S/C16H21FN6/c1-2-19-15-3-4-20-16(21-15)23-7-5-22(6-8-23)12-13-9-14(17)11-18-10-13/h3-4,9-11H,2,5-8,12H2,1H3,(H,19,20,21). The maximum atomic E-state index is 13.2. The summed E-state index contributed by atoms with van der Waals surface area (Å²) in [6.45, 7) is 7.11. The fourth-order valence-electron chi connectivity index (χ4n) is 2.69. The number of nitrogens with zero attached hydrogens (tertiary/aromatic N) is 5. The molecule has 1 aliphatic heterocycles. The van der Waals surface area contributed by atoms with Gasteiger partial charge in [0, 0.05) is 51.7 Å². The zero-order valence-electron chi connectivity index (χ0n) is 13.2. The second kappa shape index (κ2) is 7.32. The van der Waals surface area contributed by atoms with Crippen molar-refractivity contribution in [2.75, 3.05) is 42.9 Å². The summed E-state index contributed by atoms with van der Waals surface area (Å²) >= 11 is 0. The third kappa shape index (κ3) is 4.13. The first-order chi connectivity index (χ1) is 11.2. The van der Waals surface area contributed by atoms with Crippen LogP contribution < -0.4 is 10.2 Å². The van der Waals surface area contributed by atoms with Gasteiger partial charge in [0.2, 0.25) is 5.95 Å². The minimum Gasteiger partial charge on any atom is -0.370 e. The van der Waals surface area contributed by atoms with Crippen molar-refractivity contribution in [3.8, 4) is 0 Å². The Kier molecular flexibility index (Phi) is 4.97. The second-order valence-electron chi connectivity index (χ2n) is 5.55. The van der Waals surface area contributed by atoms with Crippen LogP contribution in [0.5, 0.6) is 0 Å². The fraction of sp³-hybridized carbons (Fsp3) is 0.438. The highest BCUT2D eigenvalue weighted by Gasteiger charge is 2.19. The molecule has 0 saturated carbocycles. The molecule has 122 valence electrons. The number of halogens is 1. The van der Waals surface area contributed by atoms with E-state index in [4.69, 9.17) is 0 Å². The topological polar surface area (TPSA) is 57.2 Å². The van der Waals surface area contributed by atoms with Crippen LogP contribution in [0.1, 0.15) is 12.5 Å². The fourth-order valence-corrected chi connectivity index (χ4v) is 2.69. The largest absolute Gasteiger partial charge is 0.370 e. The summed E-state index contributed by atoms with van der Waals surface area (Å²) in [6, 6.07) is 3.42. The predicted octanol–water partition coefficient (Wildman–Crippen LogP) is 1.76. The monoisotopic (exact) mass is 316 g/mol. The number of piperazine rings is 1. The molecular formula is C16H21FN6. The molecule has 0 radical (unpaired) electrons. The molecule has 7 heteroatoms. The van der Waals surface area contributed by atoms with Crippen molar-refractivity contribution >= 4 is 11.8 Å². The summed E-state index contributed by atoms with van der Waals surface area (Å²) < 4.78 is 13.2. The van der Waals surface area contributed by atoms with E-state index >= 15 is 0 Å². The van der Waals surface area contributed by atoms with Gasteiger partial charge in [-0.3, -0.25) is 9.88 Å². The molecule has 0 aromatic carbocycles. The van der Waals surface area contributed by atoms with E-state index in [9.17, 15) is 4.39 Å². The van der Waals surface area contributed by atoms with E-state index in [0.29, 0.717) is 0 Å². The Balaban J connectivity index is 1.57. The molecule has 1 aliphatic rings. The van der Waals surface area contributed by atoms with Crippen molar-refractivity contribution in [3.05, 3.63) is 42.1 Å². The number of nitrogens with one attached hydrogen (secondary N) is 1. The summed E-state index contributed by atoms with van der Waals surface area (Å²) in [5, 5.41) is 3.20. The lowest BCUT2D eigenvalue weighted by Gasteiger charge is -2.34. The van der Waals surface area contributed by atoms with Crippen molar-refractivity contribution in [3.63, 3.8) is 0 Å². The Morgan fingerprint density at radius 2 is 2.04 bits per heavy atom. The molecule has 0 atom stereocenters. The van der Waals surface area contributed by atoms with E-state index in [1.807, 2.05) is 13.0 Å². The van der Waals surface area contributed by atoms with E-state index in [1.54, 1.807) is 18.5 Å². The molecule has 2 aromatic rings. The van der Waals surface area contributed by atoms with E-state index in [-0.39, 0.29) is 5.82 Å². The van der Waals surface area contributed by atoms with E-state index in [2.05, 4.69) is 30.1 Å². The first-order valence-corrected chi connectivity index (χ1v) is 7.88. The normalized spacial score (nSPS) is 15.7. The molecule has 0 spiro atoms. The first kappa shape index (κ1) is 15.6. The number of hydrogen-bond acceptors (Lipinski definition) is 6. The second-order valence-corrected chi connectivity index (χ2v) is 5.55. The third-order valence-electron chi connectivity index (χ3n) is 3.82. The van der Waals surface area contributed by atoms with E-state index in [0.717, 1.165) is 56.6 Å². The summed E-state index contributed by atoms with van der Waals surface area (Å²) in [6.07, 6.45) is 4.74. The quantitative estimate of drug-likeness (QED) is 0.907. The zero-order valence-corrected chi connectivity index (χ0v) is 13.2. The van der Waals surface area contributed by atoms with Crippen LogP contribution in [-0.4, -0.2) is 52.6 Å². The van der Waals surface area contributed by atoms with Crippen LogP contribution in [-0.2, 0) is 6.54 Å². The minimum atomic E-state index is -0.283. The molecule has 1 N–H and O–H groups in total. The van der Waals surface area contributed by atoms with Gasteiger partial charge in [0.25, 0.3) is 0 Å². The molecule has 0 unspecified atom stereocenters. The third-order valence-corrected chi connectivity index (χ3v) is 3.82. The van der Waals surface area contributed by atoms with Crippen LogP contribution in [0.25, 0.3) is 0 Å². The number of pyridine rings is 1. The van der Waals surface area contributed by atoms with Crippen molar-refractivity contribution < 1.29 is 4.39 Å². The van der Waals surface area contributed by atoms with Gasteiger partial charge in [-0.1, -0.05) is 0 Å². The Labute approximate surface area is 135 Å². The summed E-state index contributed by atoms with van der Waals surface area (Å²) in [4.78, 5) is 17.3. The lowest BCUT2D eigenvalue weighted by Crippen LogP contribution is -2.46. The first-order valence-electron chi connectivity index (χ1n) is 7.88. The Bertz CT molecular complexity index is 642. The number of anilines is 2. The van der Waals surface area contributed by atoms with Crippen LogP contribution in [0.3, 0.4) is 0 Å². The summed E-state index contributed by atoms with van der Waals surface area (Å²) in [5.74, 6) is 1.33. The highest BCUT2D eigenvalue weighted by Crippen LogP contribution is 2.15. The van der Waals surface area contributed by atoms with Gasteiger partial charge >= 0.3 is 0 Å². The lowest BCUT2D eigenvalue weighted by molar-refractivity contribution is 0.248. The Hall–Kier alpha value is -2.28. The molecule has 0 bridgehead atoms. The smallest absolute Gasteiger partial charge is 0.227 e. The Morgan fingerprint density at radius 3 is 2.78 bits per heavy atom. The number of aromatic nitrogens is 3. The maximum Gasteiger partial charge on any atom is 0.227 e. The molecule has 1 saturated heterocycles.